The van der Waals surface area contributed by atoms with Crippen LogP contribution in [0.15, 0.2) is 46.4 Å². The number of esters is 1. The van der Waals surface area contributed by atoms with E-state index in [1.807, 2.05) is 0 Å². The van der Waals surface area contributed by atoms with Gasteiger partial charge in [0, 0.05) is 11.6 Å². The molecule has 1 heterocycles. The summed E-state index contributed by atoms with van der Waals surface area (Å²) in [7, 11) is -3.54. The fourth-order valence-corrected chi connectivity index (χ4v) is 2.87. The molecule has 0 bridgehead atoms. The lowest BCUT2D eigenvalue weighted by Crippen LogP contribution is -2.30. The van der Waals surface area contributed by atoms with Gasteiger partial charge in [0.15, 0.2) is 0 Å². The highest BCUT2D eigenvalue weighted by Gasteiger charge is 2.23. The highest BCUT2D eigenvalue weighted by Crippen LogP contribution is 2.17. The van der Waals surface area contributed by atoms with Crippen molar-refractivity contribution < 1.29 is 17.9 Å². The summed E-state index contributed by atoms with van der Waals surface area (Å²) in [4.78, 5) is 15.2. The maximum Gasteiger partial charge on any atom is 0.363 e. The molecule has 0 aliphatic carbocycles. The second-order valence-electron chi connectivity index (χ2n) is 4.55. The quantitative estimate of drug-likeness (QED) is 0.667. The van der Waals surface area contributed by atoms with E-state index in [2.05, 4.69) is 16.3 Å². The summed E-state index contributed by atoms with van der Waals surface area (Å²) in [6.45, 7) is 6.91. The molecular weight excluding hydrogens is 280 g/mol. The van der Waals surface area contributed by atoms with Gasteiger partial charge in [0.25, 0.3) is 0 Å². The summed E-state index contributed by atoms with van der Waals surface area (Å²) in [5, 5.41) is 0. The number of benzene rings is 1. The van der Waals surface area contributed by atoms with Crippen molar-refractivity contribution in [3.8, 4) is 0 Å². The molecule has 0 atom stereocenters. The van der Waals surface area contributed by atoms with Crippen LogP contribution in [0, 0.1) is 0 Å². The first-order valence-corrected chi connectivity index (χ1v) is 7.40. The van der Waals surface area contributed by atoms with Crippen molar-refractivity contribution in [1.82, 2.24) is 4.72 Å². The molecule has 106 valence electrons. The van der Waals surface area contributed by atoms with Gasteiger partial charge in [-0.2, -0.15) is 0 Å². The monoisotopic (exact) mass is 294 g/mol. The SMILES string of the molecule is C=C1N=C(c2ccc(S(=O)(=O)NC(C)C)cc2)OC1=O. The fraction of sp³-hybridized carbons (Fsp3) is 0.231. The molecule has 1 aliphatic rings. The number of rotatable bonds is 4. The Morgan fingerprint density at radius 2 is 1.85 bits per heavy atom. The molecule has 0 saturated heterocycles. The third-order valence-corrected chi connectivity index (χ3v) is 4.14. The Balaban J connectivity index is 2.26. The molecular formula is C13H14N2O4S. The van der Waals surface area contributed by atoms with Gasteiger partial charge in [-0.1, -0.05) is 6.58 Å². The Bertz CT molecular complexity index is 688. The van der Waals surface area contributed by atoms with Crippen molar-refractivity contribution >= 4 is 21.9 Å². The van der Waals surface area contributed by atoms with E-state index in [0.717, 1.165) is 0 Å². The number of nitrogens with one attached hydrogen (secondary N) is 1. The number of cyclic esters (lactones) is 1. The van der Waals surface area contributed by atoms with Gasteiger partial charge in [-0.05, 0) is 38.1 Å². The number of hydrogen-bond acceptors (Lipinski definition) is 5. The van der Waals surface area contributed by atoms with Crippen LogP contribution >= 0.6 is 0 Å². The molecule has 2 rings (SSSR count). The highest BCUT2D eigenvalue weighted by atomic mass is 32.2. The molecule has 0 fully saturated rings. The summed E-state index contributed by atoms with van der Waals surface area (Å²) < 4.78 is 31.3. The number of aliphatic imine (C=N–C) groups is 1. The van der Waals surface area contributed by atoms with Gasteiger partial charge in [-0.25, -0.2) is 22.9 Å². The molecule has 0 spiro atoms. The lowest BCUT2D eigenvalue weighted by atomic mass is 10.2. The van der Waals surface area contributed by atoms with Crippen molar-refractivity contribution in [3.05, 3.63) is 42.1 Å². The molecule has 1 aromatic carbocycles. The summed E-state index contributed by atoms with van der Waals surface area (Å²) in [6, 6.07) is 5.72. The van der Waals surface area contributed by atoms with Gasteiger partial charge in [0.2, 0.25) is 15.9 Å². The maximum absolute atomic E-state index is 11.9. The predicted octanol–water partition coefficient (Wildman–Crippen LogP) is 1.19. The van der Waals surface area contributed by atoms with Crippen LogP contribution in [0.5, 0.6) is 0 Å². The van der Waals surface area contributed by atoms with Crippen molar-refractivity contribution in [3.63, 3.8) is 0 Å². The van der Waals surface area contributed by atoms with E-state index in [1.54, 1.807) is 13.8 Å². The second-order valence-corrected chi connectivity index (χ2v) is 6.27. The molecule has 1 aliphatic heterocycles. The van der Waals surface area contributed by atoms with E-state index >= 15 is 0 Å². The van der Waals surface area contributed by atoms with Crippen LogP contribution in [-0.4, -0.2) is 26.3 Å². The fourth-order valence-electron chi connectivity index (χ4n) is 1.62. The Hall–Kier alpha value is -1.99. The average molecular weight is 294 g/mol. The van der Waals surface area contributed by atoms with Crippen LogP contribution in [0.4, 0.5) is 0 Å². The normalized spacial score (nSPS) is 15.4. The molecule has 6 nitrogen and oxygen atoms in total. The Labute approximate surface area is 117 Å². The second kappa shape index (κ2) is 5.18. The molecule has 0 radical (unpaired) electrons. The van der Waals surface area contributed by atoms with E-state index in [4.69, 9.17) is 4.74 Å². The Morgan fingerprint density at radius 3 is 2.30 bits per heavy atom. The first-order chi connectivity index (χ1) is 9.29. The number of carbonyl (C=O) groups is 1. The molecule has 0 unspecified atom stereocenters. The molecule has 7 heteroatoms. The predicted molar refractivity (Wildman–Crippen MR) is 73.7 cm³/mol. The molecule has 0 aromatic heterocycles. The topological polar surface area (TPSA) is 84.8 Å². The van der Waals surface area contributed by atoms with E-state index in [-0.39, 0.29) is 22.5 Å². The number of ether oxygens (including phenoxy) is 1. The average Bonchev–Trinajstić information content (AvgIpc) is 2.68. The number of carbonyl (C=O) groups excluding carboxylic acids is 1. The lowest BCUT2D eigenvalue weighted by Gasteiger charge is -2.09. The summed E-state index contributed by atoms with van der Waals surface area (Å²) >= 11 is 0. The van der Waals surface area contributed by atoms with Crippen LogP contribution in [0.3, 0.4) is 0 Å². The molecule has 0 amide bonds. The van der Waals surface area contributed by atoms with Gasteiger partial charge in [-0.15, -0.1) is 0 Å². The van der Waals surface area contributed by atoms with E-state index in [0.29, 0.717) is 5.56 Å². The van der Waals surface area contributed by atoms with E-state index < -0.39 is 16.0 Å². The molecule has 0 saturated carbocycles. The van der Waals surface area contributed by atoms with Crippen molar-refractivity contribution in [2.45, 2.75) is 24.8 Å². The van der Waals surface area contributed by atoms with Crippen molar-refractivity contribution in [1.29, 1.82) is 0 Å². The highest BCUT2D eigenvalue weighted by molar-refractivity contribution is 7.89. The van der Waals surface area contributed by atoms with Crippen LogP contribution in [0.2, 0.25) is 0 Å². The number of nitrogens with zero attached hydrogens (tertiary/aromatic N) is 1. The Kier molecular flexibility index (Phi) is 3.74. The molecule has 1 aromatic rings. The van der Waals surface area contributed by atoms with E-state index in [1.165, 1.54) is 24.3 Å². The lowest BCUT2D eigenvalue weighted by molar-refractivity contribution is -0.129. The van der Waals surface area contributed by atoms with Gasteiger partial charge in [-0.3, -0.25) is 0 Å². The van der Waals surface area contributed by atoms with Gasteiger partial charge < -0.3 is 4.74 Å². The van der Waals surface area contributed by atoms with Gasteiger partial charge >= 0.3 is 5.97 Å². The zero-order chi connectivity index (χ0) is 14.9. The summed E-state index contributed by atoms with van der Waals surface area (Å²) in [5.41, 5.74) is 0.540. The Morgan fingerprint density at radius 1 is 1.25 bits per heavy atom. The largest absolute Gasteiger partial charge is 0.402 e. The van der Waals surface area contributed by atoms with Crippen molar-refractivity contribution in [2.75, 3.05) is 0 Å². The zero-order valence-corrected chi connectivity index (χ0v) is 11.9. The maximum atomic E-state index is 11.9. The van der Waals surface area contributed by atoms with Crippen LogP contribution in [0.25, 0.3) is 0 Å². The smallest absolute Gasteiger partial charge is 0.363 e. The third-order valence-electron chi connectivity index (χ3n) is 2.46. The molecule has 1 N–H and O–H groups in total. The van der Waals surface area contributed by atoms with Crippen LogP contribution < -0.4 is 4.72 Å². The third kappa shape index (κ3) is 2.94. The van der Waals surface area contributed by atoms with Gasteiger partial charge in [0.1, 0.15) is 5.70 Å². The van der Waals surface area contributed by atoms with E-state index in [9.17, 15) is 13.2 Å². The molecule has 20 heavy (non-hydrogen) atoms. The van der Waals surface area contributed by atoms with Gasteiger partial charge in [0.05, 0.1) is 4.90 Å². The first kappa shape index (κ1) is 14.4. The zero-order valence-electron chi connectivity index (χ0n) is 11.1. The number of sulfonamides is 1. The summed E-state index contributed by atoms with van der Waals surface area (Å²) in [6.07, 6.45) is 0. The first-order valence-electron chi connectivity index (χ1n) is 5.92. The van der Waals surface area contributed by atoms with Crippen LogP contribution in [0.1, 0.15) is 19.4 Å². The minimum Gasteiger partial charge on any atom is -0.402 e. The number of hydrogen-bond donors (Lipinski definition) is 1. The standard InChI is InChI=1S/C13H14N2O4S/c1-8(2)15-20(17,18)11-6-4-10(5-7-11)12-14-9(3)13(16)19-12/h4-8,15H,3H2,1-2H3. The minimum atomic E-state index is -3.54. The minimum absolute atomic E-state index is 0.0261. The van der Waals surface area contributed by atoms with Crippen LogP contribution in [-0.2, 0) is 19.6 Å². The van der Waals surface area contributed by atoms with Crippen molar-refractivity contribution in [2.24, 2.45) is 4.99 Å². The summed E-state index contributed by atoms with van der Waals surface area (Å²) in [5.74, 6) is -0.473.